The van der Waals surface area contributed by atoms with Crippen LogP contribution < -0.4 is 16.2 Å². The first-order chi connectivity index (χ1) is 11.0. The minimum absolute atomic E-state index is 0.00764. The van der Waals surface area contributed by atoms with Crippen molar-refractivity contribution in [3.63, 3.8) is 0 Å². The Morgan fingerprint density at radius 3 is 2.00 bits per heavy atom. The lowest BCUT2D eigenvalue weighted by molar-refractivity contribution is 0.296. The standard InChI is InChI=1S/C9H11Cl2NO.C5H11N.2C2H6/c1-6(12)5-13-9-3-2-7(10)4-8(9)11;6-5-3-1-2-4-5;2*1-2/h2-4,6H,5,12H2,1H3;5H,1-4,6H2;2*1-2H3. The summed E-state index contributed by atoms with van der Waals surface area (Å²) >= 11 is 11.6. The van der Waals surface area contributed by atoms with E-state index in [-0.39, 0.29) is 6.04 Å². The summed E-state index contributed by atoms with van der Waals surface area (Å²) in [6, 6.07) is 5.63. The molecular weight excluding hydrogens is 331 g/mol. The molecule has 2 rings (SSSR count). The zero-order valence-electron chi connectivity index (χ0n) is 15.2. The van der Waals surface area contributed by atoms with E-state index >= 15 is 0 Å². The number of hydrogen-bond acceptors (Lipinski definition) is 3. The van der Waals surface area contributed by atoms with Crippen molar-refractivity contribution in [2.24, 2.45) is 11.5 Å². The first-order valence-corrected chi connectivity index (χ1v) is 9.33. The molecule has 5 heteroatoms. The summed E-state index contributed by atoms with van der Waals surface area (Å²) in [4.78, 5) is 0. The van der Waals surface area contributed by atoms with Crippen LogP contribution in [-0.2, 0) is 0 Å². The maximum atomic E-state index is 5.86. The highest BCUT2D eigenvalue weighted by Crippen LogP contribution is 2.27. The normalized spacial score (nSPS) is 14.3. The molecule has 0 amide bonds. The summed E-state index contributed by atoms with van der Waals surface area (Å²) < 4.78 is 5.34. The molecule has 4 N–H and O–H groups in total. The number of nitrogens with two attached hydrogens (primary N) is 2. The van der Waals surface area contributed by atoms with Gasteiger partial charge in [-0.2, -0.15) is 0 Å². The van der Waals surface area contributed by atoms with Gasteiger partial charge < -0.3 is 16.2 Å². The molecule has 1 aromatic carbocycles. The zero-order valence-corrected chi connectivity index (χ0v) is 16.8. The molecule has 0 spiro atoms. The van der Waals surface area contributed by atoms with Gasteiger partial charge in [-0.3, -0.25) is 0 Å². The second-order valence-electron chi connectivity index (χ2n) is 4.91. The Bertz CT molecular complexity index is 381. The van der Waals surface area contributed by atoms with Gasteiger partial charge in [-0.05, 0) is 38.0 Å². The minimum atomic E-state index is -0.00764. The van der Waals surface area contributed by atoms with Gasteiger partial charge in [0.1, 0.15) is 12.4 Å². The highest BCUT2D eigenvalue weighted by Gasteiger charge is 2.07. The lowest BCUT2D eigenvalue weighted by atomic mass is 10.3. The minimum Gasteiger partial charge on any atom is -0.490 e. The lowest BCUT2D eigenvalue weighted by Gasteiger charge is -2.09. The van der Waals surface area contributed by atoms with Gasteiger partial charge in [-0.15, -0.1) is 0 Å². The number of hydrogen-bond donors (Lipinski definition) is 2. The van der Waals surface area contributed by atoms with Gasteiger partial charge in [0.05, 0.1) is 5.02 Å². The number of ether oxygens (including phenoxy) is 1. The molecule has 0 radical (unpaired) electrons. The maximum absolute atomic E-state index is 5.86. The average Bonchev–Trinajstić information content (AvgIpc) is 3.02. The largest absolute Gasteiger partial charge is 0.490 e. The van der Waals surface area contributed by atoms with Gasteiger partial charge in [0, 0.05) is 17.1 Å². The fourth-order valence-corrected chi connectivity index (χ4v) is 2.23. The molecule has 0 heterocycles. The van der Waals surface area contributed by atoms with E-state index in [2.05, 4.69) is 0 Å². The van der Waals surface area contributed by atoms with E-state index < -0.39 is 0 Å². The van der Waals surface area contributed by atoms with Crippen LogP contribution in [0.2, 0.25) is 10.0 Å². The van der Waals surface area contributed by atoms with E-state index in [0.717, 1.165) is 0 Å². The van der Waals surface area contributed by atoms with E-state index in [0.29, 0.717) is 28.4 Å². The van der Waals surface area contributed by atoms with Crippen molar-refractivity contribution in [3.8, 4) is 5.75 Å². The fourth-order valence-electron chi connectivity index (χ4n) is 1.77. The molecule has 1 fully saturated rings. The number of halogens is 2. The second kappa shape index (κ2) is 16.4. The van der Waals surface area contributed by atoms with Crippen molar-refractivity contribution in [1.29, 1.82) is 0 Å². The molecule has 23 heavy (non-hydrogen) atoms. The molecule has 1 saturated carbocycles. The van der Waals surface area contributed by atoms with Crippen LogP contribution >= 0.6 is 23.2 Å². The Balaban J connectivity index is 0. The molecule has 1 aromatic rings. The number of rotatable bonds is 3. The van der Waals surface area contributed by atoms with Gasteiger partial charge in [0.15, 0.2) is 0 Å². The Morgan fingerprint density at radius 1 is 1.13 bits per heavy atom. The monoisotopic (exact) mass is 364 g/mol. The molecule has 0 bridgehead atoms. The van der Waals surface area contributed by atoms with Gasteiger partial charge in [0.25, 0.3) is 0 Å². The molecule has 0 aliphatic heterocycles. The van der Waals surface area contributed by atoms with Crippen LogP contribution in [0.1, 0.15) is 60.3 Å². The van der Waals surface area contributed by atoms with Crippen LogP contribution in [0, 0.1) is 0 Å². The van der Waals surface area contributed by atoms with Crippen molar-refractivity contribution < 1.29 is 4.74 Å². The Hall–Kier alpha value is -0.480. The lowest BCUT2D eigenvalue weighted by Crippen LogP contribution is -2.23. The molecular formula is C18H34Cl2N2O. The van der Waals surface area contributed by atoms with Crippen molar-refractivity contribution in [2.75, 3.05) is 6.61 Å². The molecule has 3 nitrogen and oxygen atoms in total. The van der Waals surface area contributed by atoms with E-state index in [1.165, 1.54) is 25.7 Å². The van der Waals surface area contributed by atoms with Crippen LogP contribution in [0.15, 0.2) is 18.2 Å². The summed E-state index contributed by atoms with van der Waals surface area (Å²) in [6.45, 7) is 10.3. The van der Waals surface area contributed by atoms with Crippen molar-refractivity contribution >= 4 is 23.2 Å². The van der Waals surface area contributed by atoms with Gasteiger partial charge in [-0.1, -0.05) is 63.7 Å². The summed E-state index contributed by atoms with van der Waals surface area (Å²) in [7, 11) is 0. The third kappa shape index (κ3) is 13.6. The molecule has 1 aliphatic carbocycles. The quantitative estimate of drug-likeness (QED) is 0.726. The molecule has 136 valence electrons. The Labute approximate surface area is 152 Å². The first-order valence-electron chi connectivity index (χ1n) is 8.58. The van der Waals surface area contributed by atoms with Crippen molar-refractivity contribution in [3.05, 3.63) is 28.2 Å². The van der Waals surface area contributed by atoms with E-state index in [1.54, 1.807) is 18.2 Å². The van der Waals surface area contributed by atoms with Crippen molar-refractivity contribution in [1.82, 2.24) is 0 Å². The van der Waals surface area contributed by atoms with E-state index in [4.69, 9.17) is 39.4 Å². The maximum Gasteiger partial charge on any atom is 0.138 e. The first kappa shape index (κ1) is 24.8. The third-order valence-electron chi connectivity index (χ3n) is 2.80. The summed E-state index contributed by atoms with van der Waals surface area (Å²) in [5.74, 6) is 0.614. The summed E-state index contributed by atoms with van der Waals surface area (Å²) in [5.41, 5.74) is 11.1. The highest BCUT2D eigenvalue weighted by atomic mass is 35.5. The van der Waals surface area contributed by atoms with Crippen LogP contribution in [0.3, 0.4) is 0 Å². The highest BCUT2D eigenvalue weighted by molar-refractivity contribution is 6.35. The summed E-state index contributed by atoms with van der Waals surface area (Å²) in [6.07, 6.45) is 5.25. The van der Waals surface area contributed by atoms with Gasteiger partial charge in [-0.25, -0.2) is 0 Å². The van der Waals surface area contributed by atoms with Crippen LogP contribution in [0.5, 0.6) is 5.75 Å². The second-order valence-corrected chi connectivity index (χ2v) is 5.75. The molecule has 1 aliphatic rings. The Kier molecular flexibility index (Phi) is 17.6. The Morgan fingerprint density at radius 2 is 1.65 bits per heavy atom. The third-order valence-corrected chi connectivity index (χ3v) is 3.33. The SMILES string of the molecule is CC.CC.CC(N)COc1ccc(Cl)cc1Cl.NC1CCCC1. The smallest absolute Gasteiger partial charge is 0.138 e. The molecule has 1 atom stereocenters. The molecule has 0 saturated heterocycles. The van der Waals surface area contributed by atoms with Gasteiger partial charge >= 0.3 is 0 Å². The summed E-state index contributed by atoms with van der Waals surface area (Å²) in [5, 5.41) is 1.10. The van der Waals surface area contributed by atoms with Gasteiger partial charge in [0.2, 0.25) is 0 Å². The predicted molar refractivity (Wildman–Crippen MR) is 105 cm³/mol. The van der Waals surface area contributed by atoms with E-state index in [9.17, 15) is 0 Å². The van der Waals surface area contributed by atoms with Crippen molar-refractivity contribution in [2.45, 2.75) is 72.4 Å². The fraction of sp³-hybridized carbons (Fsp3) is 0.667. The molecule has 1 unspecified atom stereocenters. The van der Waals surface area contributed by atoms with Crippen LogP contribution in [0.25, 0.3) is 0 Å². The predicted octanol–water partition coefficient (Wildman–Crippen LogP) is 5.66. The van der Waals surface area contributed by atoms with Crippen LogP contribution in [0.4, 0.5) is 0 Å². The zero-order chi connectivity index (χ0) is 18.3. The molecule has 0 aromatic heterocycles. The van der Waals surface area contributed by atoms with Crippen LogP contribution in [-0.4, -0.2) is 18.7 Å². The topological polar surface area (TPSA) is 61.3 Å². The number of benzene rings is 1. The average molecular weight is 365 g/mol. The van der Waals surface area contributed by atoms with E-state index in [1.807, 2.05) is 34.6 Å².